The molecule has 4 nitrogen and oxygen atoms in total. The molecule has 4 aliphatic carbocycles. The van der Waals surface area contributed by atoms with Crippen molar-refractivity contribution < 1.29 is 18.3 Å². The second-order valence-corrected chi connectivity index (χ2v) is 42.1. The third-order valence-corrected chi connectivity index (χ3v) is 32.2. The van der Waals surface area contributed by atoms with Gasteiger partial charge in [0.05, 0.1) is 5.56 Å². The standard InChI is InChI=1S/C32H36N.2C31H34N.C29H30N/c1-20(2)22-13-14-33(8)30(18-22)25-19-27-26-16-23-11-9-10-12-24(23)17-29(26)32(6,7)31(4,5)28(27)15-21(25)3;1-19-15-28(32(8)18-20(19)2)24-13-14-26-29(21(24)3)25-16-22-11-9-10-12-23(22)17-27(25)31(6,7)30(26,4)5;1-19-17-27(32(8)18-20(19)2)23-15-16-26-28(21(23)3)25-14-13-22-11-9-10-12-24(22)29(25)31(6,7)30(26,4)5;1-19(2)17-21-15-16-30(4)28(18-21)29-20(3)9-11-26-25-12-10-22-7-5-6-8-23(22)24(25)13-14-27(26)29/h9-20H,1-8H3;2*9-18H,1-8H3;5-12,15-16,18-19H,13-14,17H2,1-4H3/q4*+1. The molecule has 127 heavy (non-hydrogen) atoms. The van der Waals surface area contributed by atoms with Crippen LogP contribution >= 0.6 is 0 Å². The van der Waals surface area contributed by atoms with Crippen molar-refractivity contribution in [2.45, 2.75) is 224 Å². The fourth-order valence-electron chi connectivity index (χ4n) is 22.2. The average molecular weight is 1670 g/mol. The fourth-order valence-corrected chi connectivity index (χ4v) is 22.2. The summed E-state index contributed by atoms with van der Waals surface area (Å²) in [6.45, 7) is 56.1. The van der Waals surface area contributed by atoms with Crippen LogP contribution in [0, 0.1) is 61.3 Å². The summed E-state index contributed by atoms with van der Waals surface area (Å²) in [5, 5.41) is 10.7. The number of hydrogen-bond acceptors (Lipinski definition) is 0. The number of aromatic nitrogens is 4. The highest BCUT2D eigenvalue weighted by Crippen LogP contribution is 2.60. The van der Waals surface area contributed by atoms with Gasteiger partial charge in [0.25, 0.3) is 0 Å². The van der Waals surface area contributed by atoms with Crippen molar-refractivity contribution >= 4 is 43.1 Å². The molecule has 4 aromatic heterocycles. The van der Waals surface area contributed by atoms with E-state index in [9.17, 15) is 0 Å². The molecule has 12 aromatic carbocycles. The lowest BCUT2D eigenvalue weighted by atomic mass is 9.54. The zero-order chi connectivity index (χ0) is 90.5. The summed E-state index contributed by atoms with van der Waals surface area (Å²) in [6.07, 6.45) is 12.3. The fraction of sp³-hybridized carbons (Fsp3) is 0.317. The van der Waals surface area contributed by atoms with Crippen molar-refractivity contribution in [1.82, 2.24) is 0 Å². The van der Waals surface area contributed by atoms with Gasteiger partial charge < -0.3 is 0 Å². The number of hydrogen-bond donors (Lipinski definition) is 0. The van der Waals surface area contributed by atoms with Gasteiger partial charge in [-0.2, -0.15) is 0 Å². The molecule has 0 spiro atoms. The molecule has 4 heterocycles. The molecule has 0 fully saturated rings. The largest absolute Gasteiger partial charge is 0.213 e. The van der Waals surface area contributed by atoms with Crippen molar-refractivity contribution in [1.29, 1.82) is 0 Å². The highest BCUT2D eigenvalue weighted by atomic mass is 14.9. The SMILES string of the molecule is Cc1cc(-c2ccc3c(c2C)-c2cc4ccccc4cc2C(C)(C)C3(C)C)[n+](C)cc1C.Cc1cc(-c2ccc3c(c2C)-c2ccc4ccccc4c2C(C)(C)C3(C)C)[n+](C)cc1C.Cc1cc2c(cc1-c1cc(C(C)C)cc[n+]1C)-c1cc3ccccc3cc1C(C)(C)C2(C)C.Cc1ccc2c(c1-c1cc(CC(C)C)cc[n+]1C)CCc1c-2ccc2ccccc12. The van der Waals surface area contributed by atoms with Gasteiger partial charge in [0.1, 0.15) is 28.2 Å². The van der Waals surface area contributed by atoms with Crippen LogP contribution in [-0.4, -0.2) is 0 Å². The molecule has 0 unspecified atom stereocenters. The van der Waals surface area contributed by atoms with Crippen molar-refractivity contribution in [2.24, 2.45) is 34.1 Å². The summed E-state index contributed by atoms with van der Waals surface area (Å²) in [4.78, 5) is 0. The maximum atomic E-state index is 2.47. The molecule has 0 aliphatic heterocycles. The summed E-state index contributed by atoms with van der Waals surface area (Å²) < 4.78 is 9.11. The molecule has 0 amide bonds. The van der Waals surface area contributed by atoms with Crippen molar-refractivity contribution in [3.63, 3.8) is 0 Å². The number of fused-ring (bicyclic) bond motifs is 18. The Kier molecular flexibility index (Phi) is 22.2. The van der Waals surface area contributed by atoms with Crippen LogP contribution < -0.4 is 18.3 Å². The lowest BCUT2D eigenvalue weighted by Crippen LogP contribution is -2.44. The number of rotatable bonds is 7. The minimum absolute atomic E-state index is 0.00806. The normalized spacial score (nSPS) is 15.3. The smallest absolute Gasteiger partial charge is 0.201 e. The highest BCUT2D eigenvalue weighted by molar-refractivity contribution is 6.00. The van der Waals surface area contributed by atoms with E-state index in [1.165, 1.54) is 233 Å². The van der Waals surface area contributed by atoms with Gasteiger partial charge in [-0.25, -0.2) is 18.3 Å². The van der Waals surface area contributed by atoms with Gasteiger partial charge >= 0.3 is 0 Å². The van der Waals surface area contributed by atoms with Gasteiger partial charge in [-0.15, -0.1) is 0 Å². The van der Waals surface area contributed by atoms with Crippen LogP contribution in [0.25, 0.3) is 133 Å². The monoisotopic (exact) mass is 1670 g/mol. The number of aryl methyl sites for hydroxylation is 11. The Morgan fingerprint density at radius 2 is 0.685 bits per heavy atom. The van der Waals surface area contributed by atoms with E-state index >= 15 is 0 Å². The van der Waals surface area contributed by atoms with E-state index < -0.39 is 0 Å². The van der Waals surface area contributed by atoms with Gasteiger partial charge in [-0.1, -0.05) is 262 Å². The number of nitrogens with zero attached hydrogens (tertiary/aromatic N) is 4. The van der Waals surface area contributed by atoms with E-state index in [0.29, 0.717) is 11.8 Å². The molecule has 642 valence electrons. The number of pyridine rings is 4. The third kappa shape index (κ3) is 14.5. The predicted octanol–water partition coefficient (Wildman–Crippen LogP) is 29.6. The van der Waals surface area contributed by atoms with Crippen LogP contribution in [-0.2, 0) is 79.9 Å². The third-order valence-electron chi connectivity index (χ3n) is 32.2. The summed E-state index contributed by atoms with van der Waals surface area (Å²) in [5.41, 5.74) is 47.3. The molecule has 0 N–H and O–H groups in total. The van der Waals surface area contributed by atoms with E-state index in [4.69, 9.17) is 0 Å². The molecule has 0 saturated heterocycles. The topological polar surface area (TPSA) is 15.5 Å². The van der Waals surface area contributed by atoms with Crippen LogP contribution in [0.4, 0.5) is 0 Å². The van der Waals surface area contributed by atoms with E-state index in [1.807, 2.05) is 0 Å². The summed E-state index contributed by atoms with van der Waals surface area (Å²) >= 11 is 0. The van der Waals surface area contributed by atoms with Crippen molar-refractivity contribution in [3.05, 3.63) is 355 Å². The summed E-state index contributed by atoms with van der Waals surface area (Å²) in [5.74, 6) is 1.17. The minimum Gasteiger partial charge on any atom is -0.201 e. The maximum absolute atomic E-state index is 2.47. The zero-order valence-electron chi connectivity index (χ0n) is 81.3. The van der Waals surface area contributed by atoms with E-state index in [0.717, 1.165) is 19.3 Å². The van der Waals surface area contributed by atoms with Gasteiger partial charge in [-0.05, 0) is 333 Å². The molecule has 20 rings (SSSR count). The predicted molar refractivity (Wildman–Crippen MR) is 540 cm³/mol. The first-order valence-electron chi connectivity index (χ1n) is 46.7. The molecule has 16 aromatic rings. The lowest BCUT2D eigenvalue weighted by molar-refractivity contribution is -0.660. The Balaban J connectivity index is 0.000000119. The molecule has 0 saturated carbocycles. The van der Waals surface area contributed by atoms with E-state index in [-0.39, 0.29) is 32.5 Å². The van der Waals surface area contributed by atoms with Crippen LogP contribution in [0.1, 0.15) is 217 Å². The molecule has 0 atom stereocenters. The zero-order valence-corrected chi connectivity index (χ0v) is 81.3. The molecular weight excluding hydrogens is 1530 g/mol. The molecule has 4 heteroatoms. The quantitative estimate of drug-likeness (QED) is 0.141. The van der Waals surface area contributed by atoms with Crippen LogP contribution in [0.5, 0.6) is 0 Å². The van der Waals surface area contributed by atoms with Gasteiger partial charge in [0, 0.05) is 69.6 Å². The van der Waals surface area contributed by atoms with Crippen molar-refractivity contribution in [3.8, 4) is 89.5 Å². The second-order valence-electron chi connectivity index (χ2n) is 42.1. The first-order chi connectivity index (χ1) is 60.1. The Morgan fingerprint density at radius 1 is 0.276 bits per heavy atom. The van der Waals surface area contributed by atoms with Gasteiger partial charge in [0.15, 0.2) is 24.8 Å². The molecule has 4 aliphatic rings. The Hall–Kier alpha value is -11.7. The molecular formula is C123H134N4+4. The van der Waals surface area contributed by atoms with Crippen LogP contribution in [0.3, 0.4) is 0 Å². The second kappa shape index (κ2) is 32.2. The van der Waals surface area contributed by atoms with Crippen molar-refractivity contribution in [2.75, 3.05) is 0 Å². The summed E-state index contributed by atoms with van der Waals surface area (Å²) in [6, 6.07) is 87.3. The molecule has 0 bridgehead atoms. The summed E-state index contributed by atoms with van der Waals surface area (Å²) in [7, 11) is 8.66. The average Bonchev–Trinajstić information content (AvgIpc) is 0.703. The maximum Gasteiger partial charge on any atom is 0.213 e. The highest BCUT2D eigenvalue weighted by Gasteiger charge is 2.50. The van der Waals surface area contributed by atoms with E-state index in [2.05, 4.69) is 468 Å². The Bertz CT molecular complexity index is 7070. The Morgan fingerprint density at radius 3 is 1.24 bits per heavy atom. The van der Waals surface area contributed by atoms with E-state index in [1.54, 1.807) is 0 Å². The van der Waals surface area contributed by atoms with Crippen LogP contribution in [0.2, 0.25) is 0 Å². The number of benzene rings is 12. The molecule has 0 radical (unpaired) electrons. The Labute approximate surface area is 759 Å². The minimum atomic E-state index is 0.00806. The first-order valence-corrected chi connectivity index (χ1v) is 46.7. The lowest BCUT2D eigenvalue weighted by Gasteiger charge is -2.49. The van der Waals surface area contributed by atoms with Gasteiger partial charge in [-0.3, -0.25) is 0 Å². The van der Waals surface area contributed by atoms with Gasteiger partial charge in [0.2, 0.25) is 22.8 Å². The van der Waals surface area contributed by atoms with Crippen LogP contribution in [0.15, 0.2) is 255 Å². The first kappa shape index (κ1) is 87.4.